The molecule has 0 amide bonds. The lowest BCUT2D eigenvalue weighted by atomic mass is 10.1. The molecule has 2 aromatic rings. The van der Waals surface area contributed by atoms with Gasteiger partial charge in [-0.15, -0.1) is 0 Å². The third-order valence-electron chi connectivity index (χ3n) is 3.25. The average Bonchev–Trinajstić information content (AvgIpc) is 2.95. The van der Waals surface area contributed by atoms with E-state index in [2.05, 4.69) is 4.98 Å². The smallest absolute Gasteiger partial charge is 0.427 e. The third-order valence-corrected chi connectivity index (χ3v) is 4.39. The van der Waals surface area contributed by atoms with Gasteiger partial charge in [0.15, 0.2) is 5.13 Å². The third kappa shape index (κ3) is 3.47. The minimum absolute atomic E-state index is 0.0943. The predicted octanol–water partition coefficient (Wildman–Crippen LogP) is 4.37. The van der Waals surface area contributed by atoms with E-state index in [0.717, 1.165) is 17.5 Å². The average molecular weight is 316 g/mol. The van der Waals surface area contributed by atoms with E-state index in [1.807, 2.05) is 31.2 Å². The Balaban J connectivity index is 2.18. The molecule has 2 rings (SSSR count). The Hall–Kier alpha value is -1.76. The second kappa shape index (κ2) is 5.93. The summed E-state index contributed by atoms with van der Waals surface area (Å²) < 4.78 is 42.9. The van der Waals surface area contributed by atoms with E-state index in [0.29, 0.717) is 16.5 Å². The van der Waals surface area contributed by atoms with Gasteiger partial charge in [-0.25, -0.2) is 4.98 Å². The SMILES string of the molecule is COc1ccc(C(C)N(C)c2ncc(C(F)(F)F)s2)cc1. The molecule has 1 aromatic heterocycles. The van der Waals surface area contributed by atoms with Crippen molar-refractivity contribution < 1.29 is 17.9 Å². The highest BCUT2D eigenvalue weighted by atomic mass is 32.1. The quantitative estimate of drug-likeness (QED) is 0.837. The number of thiazole rings is 1. The molecular formula is C14H15F3N2OS. The number of nitrogens with zero attached hydrogens (tertiary/aromatic N) is 2. The second-order valence-corrected chi connectivity index (χ2v) is 5.57. The predicted molar refractivity (Wildman–Crippen MR) is 76.9 cm³/mol. The molecule has 0 bridgehead atoms. The van der Waals surface area contributed by atoms with E-state index < -0.39 is 11.1 Å². The molecule has 0 saturated carbocycles. The van der Waals surface area contributed by atoms with E-state index in [-0.39, 0.29) is 6.04 Å². The van der Waals surface area contributed by atoms with Gasteiger partial charge in [0.05, 0.1) is 19.3 Å². The summed E-state index contributed by atoms with van der Waals surface area (Å²) in [6.07, 6.45) is -3.47. The molecule has 1 atom stereocenters. The van der Waals surface area contributed by atoms with Gasteiger partial charge in [0.2, 0.25) is 0 Å². The van der Waals surface area contributed by atoms with Gasteiger partial charge >= 0.3 is 6.18 Å². The van der Waals surface area contributed by atoms with Crippen molar-refractivity contribution in [2.45, 2.75) is 19.1 Å². The van der Waals surface area contributed by atoms with Crippen molar-refractivity contribution in [2.75, 3.05) is 19.1 Å². The summed E-state index contributed by atoms with van der Waals surface area (Å²) in [5.74, 6) is 0.738. The van der Waals surface area contributed by atoms with E-state index >= 15 is 0 Å². The number of rotatable bonds is 4. The molecule has 114 valence electrons. The van der Waals surface area contributed by atoms with Gasteiger partial charge in [-0.05, 0) is 24.6 Å². The lowest BCUT2D eigenvalue weighted by Crippen LogP contribution is -2.21. The van der Waals surface area contributed by atoms with Crippen LogP contribution in [0.4, 0.5) is 18.3 Å². The molecule has 1 aromatic carbocycles. The van der Waals surface area contributed by atoms with E-state index in [9.17, 15) is 13.2 Å². The van der Waals surface area contributed by atoms with Crippen LogP contribution < -0.4 is 9.64 Å². The van der Waals surface area contributed by atoms with Gasteiger partial charge in [0, 0.05) is 7.05 Å². The Labute approximate surface area is 125 Å². The normalized spacial score (nSPS) is 13.0. The monoisotopic (exact) mass is 316 g/mol. The molecule has 0 aliphatic carbocycles. The zero-order valence-electron chi connectivity index (χ0n) is 11.8. The molecule has 0 N–H and O–H groups in total. The number of halogens is 3. The molecule has 0 saturated heterocycles. The number of ether oxygens (including phenoxy) is 1. The molecule has 0 radical (unpaired) electrons. The van der Waals surface area contributed by atoms with Crippen LogP contribution in [0.25, 0.3) is 0 Å². The fraction of sp³-hybridized carbons (Fsp3) is 0.357. The summed E-state index contributed by atoms with van der Waals surface area (Å²) in [5, 5.41) is 0.339. The molecule has 21 heavy (non-hydrogen) atoms. The van der Waals surface area contributed by atoms with Crippen molar-refractivity contribution >= 4 is 16.5 Å². The van der Waals surface area contributed by atoms with Crippen LogP contribution in [0, 0.1) is 0 Å². The van der Waals surface area contributed by atoms with Crippen molar-refractivity contribution in [3.05, 3.63) is 40.9 Å². The van der Waals surface area contributed by atoms with Crippen LogP contribution in [0.1, 0.15) is 23.4 Å². The van der Waals surface area contributed by atoms with Crippen molar-refractivity contribution in [1.82, 2.24) is 4.98 Å². The van der Waals surface area contributed by atoms with Gasteiger partial charge in [-0.2, -0.15) is 13.2 Å². The molecule has 1 heterocycles. The minimum atomic E-state index is -4.35. The molecule has 0 spiro atoms. The van der Waals surface area contributed by atoms with Gasteiger partial charge < -0.3 is 9.64 Å². The maximum atomic E-state index is 12.6. The van der Waals surface area contributed by atoms with Crippen LogP contribution in [-0.4, -0.2) is 19.1 Å². The second-order valence-electron chi connectivity index (χ2n) is 4.56. The van der Waals surface area contributed by atoms with E-state index in [4.69, 9.17) is 4.74 Å². The molecule has 0 fully saturated rings. The van der Waals surface area contributed by atoms with Crippen LogP contribution in [0.2, 0.25) is 0 Å². The highest BCUT2D eigenvalue weighted by Crippen LogP contribution is 2.37. The largest absolute Gasteiger partial charge is 0.497 e. The summed E-state index contributed by atoms with van der Waals surface area (Å²) in [6.45, 7) is 1.91. The number of aromatic nitrogens is 1. The lowest BCUT2D eigenvalue weighted by Gasteiger charge is -2.24. The molecule has 0 aliphatic heterocycles. The van der Waals surface area contributed by atoms with Crippen molar-refractivity contribution in [3.8, 4) is 5.75 Å². The number of hydrogen-bond donors (Lipinski definition) is 0. The van der Waals surface area contributed by atoms with Crippen molar-refractivity contribution in [2.24, 2.45) is 0 Å². The topological polar surface area (TPSA) is 25.4 Å². The fourth-order valence-corrected chi connectivity index (χ4v) is 2.66. The maximum Gasteiger partial charge on any atom is 0.427 e. The summed E-state index contributed by atoms with van der Waals surface area (Å²) in [7, 11) is 3.31. The van der Waals surface area contributed by atoms with Crippen LogP contribution in [0.3, 0.4) is 0 Å². The number of alkyl halides is 3. The Morgan fingerprint density at radius 2 is 1.86 bits per heavy atom. The highest BCUT2D eigenvalue weighted by Gasteiger charge is 2.34. The maximum absolute atomic E-state index is 12.6. The Morgan fingerprint density at radius 3 is 2.33 bits per heavy atom. The number of hydrogen-bond acceptors (Lipinski definition) is 4. The summed E-state index contributed by atoms with van der Waals surface area (Å²) >= 11 is 0.644. The first-order valence-electron chi connectivity index (χ1n) is 6.22. The lowest BCUT2D eigenvalue weighted by molar-refractivity contribution is -0.134. The molecular weight excluding hydrogens is 301 g/mol. The first-order chi connectivity index (χ1) is 9.82. The fourth-order valence-electron chi connectivity index (χ4n) is 1.83. The number of benzene rings is 1. The molecule has 0 aliphatic rings. The first kappa shape index (κ1) is 15.6. The Morgan fingerprint density at radius 1 is 1.24 bits per heavy atom. The van der Waals surface area contributed by atoms with Crippen molar-refractivity contribution in [1.29, 1.82) is 0 Å². The number of anilines is 1. The summed E-state index contributed by atoms with van der Waals surface area (Å²) in [6, 6.07) is 7.32. The van der Waals surface area contributed by atoms with E-state index in [1.54, 1.807) is 19.1 Å². The van der Waals surface area contributed by atoms with Gasteiger partial charge in [0.25, 0.3) is 0 Å². The zero-order chi connectivity index (χ0) is 15.6. The van der Waals surface area contributed by atoms with E-state index in [1.165, 1.54) is 0 Å². The van der Waals surface area contributed by atoms with Crippen LogP contribution >= 0.6 is 11.3 Å². The summed E-state index contributed by atoms with van der Waals surface area (Å²) in [5.41, 5.74) is 0.974. The Bertz CT molecular complexity index is 595. The highest BCUT2D eigenvalue weighted by molar-refractivity contribution is 7.15. The minimum Gasteiger partial charge on any atom is -0.497 e. The standard InChI is InChI=1S/C14H15F3N2OS/c1-9(10-4-6-11(20-3)7-5-10)19(2)13-18-8-12(21-13)14(15,16)17/h4-9H,1-3H3. The van der Waals surface area contributed by atoms with Crippen molar-refractivity contribution in [3.63, 3.8) is 0 Å². The summed E-state index contributed by atoms with van der Waals surface area (Å²) in [4.78, 5) is 4.90. The van der Waals surface area contributed by atoms with Gasteiger partial charge in [-0.3, -0.25) is 0 Å². The molecule has 1 unspecified atom stereocenters. The van der Waals surface area contributed by atoms with Crippen LogP contribution in [0.15, 0.2) is 30.5 Å². The molecule has 3 nitrogen and oxygen atoms in total. The first-order valence-corrected chi connectivity index (χ1v) is 7.04. The number of methoxy groups -OCH3 is 1. The zero-order valence-corrected chi connectivity index (χ0v) is 12.6. The van der Waals surface area contributed by atoms with Gasteiger partial charge in [-0.1, -0.05) is 23.5 Å². The Kier molecular flexibility index (Phi) is 4.41. The van der Waals surface area contributed by atoms with Crippen LogP contribution in [0.5, 0.6) is 5.75 Å². The van der Waals surface area contributed by atoms with Crippen LogP contribution in [-0.2, 0) is 6.18 Å². The van der Waals surface area contributed by atoms with Gasteiger partial charge in [0.1, 0.15) is 10.6 Å². The molecule has 7 heteroatoms.